The molecular formula is C21H37IN4O3. The molecule has 2 heterocycles. The molecule has 0 radical (unpaired) electrons. The molecule has 29 heavy (non-hydrogen) atoms. The minimum Gasteiger partial charge on any atom is -0.477 e. The van der Waals surface area contributed by atoms with E-state index in [-0.39, 0.29) is 24.0 Å². The van der Waals surface area contributed by atoms with E-state index in [1.807, 2.05) is 12.1 Å². The Labute approximate surface area is 192 Å². The molecule has 1 aromatic rings. The summed E-state index contributed by atoms with van der Waals surface area (Å²) in [6.07, 6.45) is 7.38. The van der Waals surface area contributed by atoms with Crippen LogP contribution >= 0.6 is 24.0 Å². The zero-order valence-electron chi connectivity index (χ0n) is 17.8. The maximum Gasteiger partial charge on any atom is 0.218 e. The summed E-state index contributed by atoms with van der Waals surface area (Å²) in [4.78, 5) is 9.01. The van der Waals surface area contributed by atoms with E-state index in [9.17, 15) is 0 Å². The number of rotatable bonds is 13. The van der Waals surface area contributed by atoms with Crippen molar-refractivity contribution < 1.29 is 14.2 Å². The molecule has 0 spiro atoms. The van der Waals surface area contributed by atoms with E-state index >= 15 is 0 Å². The molecule has 0 aliphatic carbocycles. The van der Waals surface area contributed by atoms with Crippen molar-refractivity contribution in [1.29, 1.82) is 0 Å². The molecule has 1 aliphatic heterocycles. The quantitative estimate of drug-likeness (QED) is 0.180. The Bertz CT molecular complexity index is 569. The number of hydrogen-bond donors (Lipinski definition) is 2. The van der Waals surface area contributed by atoms with Crippen LogP contribution < -0.4 is 15.4 Å². The molecule has 0 amide bonds. The molecule has 1 unspecified atom stereocenters. The number of nitrogens with one attached hydrogen (secondary N) is 2. The molecule has 0 saturated carbocycles. The molecule has 1 saturated heterocycles. The number of aliphatic imine (C=N–C) groups is 1. The Hall–Kier alpha value is -1.13. The smallest absolute Gasteiger partial charge is 0.218 e. The standard InChI is InChI=1S/C21H36N4O3.HI/c1-3-5-14-28-20-18(9-6-11-23-20)16-25-21(22-4-2)24-12-8-13-26-17-19-10-7-15-27-19;/h6,9,11,19H,3-5,7-8,10,12-17H2,1-2H3,(H2,22,24,25);1H. The van der Waals surface area contributed by atoms with Gasteiger partial charge in [-0.05, 0) is 38.7 Å². The third kappa shape index (κ3) is 11.0. The molecule has 1 aliphatic rings. The van der Waals surface area contributed by atoms with Gasteiger partial charge in [-0.2, -0.15) is 0 Å². The van der Waals surface area contributed by atoms with E-state index in [2.05, 4.69) is 34.5 Å². The highest BCUT2D eigenvalue weighted by Crippen LogP contribution is 2.16. The van der Waals surface area contributed by atoms with Crippen molar-refractivity contribution >= 4 is 29.9 Å². The first-order valence-corrected chi connectivity index (χ1v) is 10.6. The Morgan fingerprint density at radius 1 is 1.28 bits per heavy atom. The van der Waals surface area contributed by atoms with Gasteiger partial charge < -0.3 is 24.8 Å². The minimum atomic E-state index is 0. The second-order valence-corrected chi connectivity index (χ2v) is 6.86. The van der Waals surface area contributed by atoms with Crippen LogP contribution in [0.5, 0.6) is 5.88 Å². The number of aromatic nitrogens is 1. The van der Waals surface area contributed by atoms with Gasteiger partial charge >= 0.3 is 0 Å². The van der Waals surface area contributed by atoms with Crippen molar-refractivity contribution in [2.75, 3.05) is 39.5 Å². The zero-order valence-corrected chi connectivity index (χ0v) is 20.2. The van der Waals surface area contributed by atoms with E-state index < -0.39 is 0 Å². The average Bonchev–Trinajstić information content (AvgIpc) is 3.23. The Morgan fingerprint density at radius 2 is 2.17 bits per heavy atom. The molecular weight excluding hydrogens is 483 g/mol. The van der Waals surface area contributed by atoms with Gasteiger partial charge in [0, 0.05) is 38.1 Å². The highest BCUT2D eigenvalue weighted by Gasteiger charge is 2.14. The maximum atomic E-state index is 5.79. The number of halogens is 1. The van der Waals surface area contributed by atoms with Crippen LogP contribution in [0.15, 0.2) is 23.3 Å². The highest BCUT2D eigenvalue weighted by atomic mass is 127. The summed E-state index contributed by atoms with van der Waals surface area (Å²) in [5, 5.41) is 6.63. The minimum absolute atomic E-state index is 0. The van der Waals surface area contributed by atoms with Crippen LogP contribution in [0.25, 0.3) is 0 Å². The fourth-order valence-corrected chi connectivity index (χ4v) is 2.87. The number of hydrogen-bond acceptors (Lipinski definition) is 5. The number of unbranched alkanes of at least 4 members (excludes halogenated alkanes) is 1. The largest absolute Gasteiger partial charge is 0.477 e. The summed E-state index contributed by atoms with van der Waals surface area (Å²) in [7, 11) is 0. The number of pyridine rings is 1. The number of ether oxygens (including phenoxy) is 3. The van der Waals surface area contributed by atoms with Gasteiger partial charge in [-0.1, -0.05) is 19.4 Å². The average molecular weight is 520 g/mol. The van der Waals surface area contributed by atoms with Crippen LogP contribution in [-0.4, -0.2) is 56.6 Å². The van der Waals surface area contributed by atoms with Crippen molar-refractivity contribution in [1.82, 2.24) is 15.6 Å². The fraction of sp³-hybridized carbons (Fsp3) is 0.714. The van der Waals surface area contributed by atoms with E-state index in [1.54, 1.807) is 6.20 Å². The Balaban J connectivity index is 0.00000420. The summed E-state index contributed by atoms with van der Waals surface area (Å²) in [5.74, 6) is 1.48. The van der Waals surface area contributed by atoms with Gasteiger partial charge in [-0.25, -0.2) is 9.98 Å². The second kappa shape index (κ2) is 16.6. The van der Waals surface area contributed by atoms with Crippen LogP contribution in [0, 0.1) is 0 Å². The van der Waals surface area contributed by atoms with Gasteiger partial charge in [0.2, 0.25) is 5.88 Å². The summed E-state index contributed by atoms with van der Waals surface area (Å²) < 4.78 is 17.0. The lowest BCUT2D eigenvalue weighted by Gasteiger charge is -2.13. The lowest BCUT2D eigenvalue weighted by atomic mass is 10.2. The van der Waals surface area contributed by atoms with E-state index in [4.69, 9.17) is 14.2 Å². The first-order valence-electron chi connectivity index (χ1n) is 10.6. The van der Waals surface area contributed by atoms with Crippen LogP contribution in [0.2, 0.25) is 0 Å². The molecule has 2 N–H and O–H groups in total. The van der Waals surface area contributed by atoms with Crippen LogP contribution in [0.3, 0.4) is 0 Å². The fourth-order valence-electron chi connectivity index (χ4n) is 2.87. The first kappa shape index (κ1) is 25.9. The first-order chi connectivity index (χ1) is 13.8. The van der Waals surface area contributed by atoms with E-state index in [0.29, 0.717) is 31.7 Å². The summed E-state index contributed by atoms with van der Waals surface area (Å²) in [6.45, 7) is 9.36. The van der Waals surface area contributed by atoms with Crippen molar-refractivity contribution in [3.05, 3.63) is 23.9 Å². The third-order valence-electron chi connectivity index (χ3n) is 4.42. The van der Waals surface area contributed by atoms with E-state index in [0.717, 1.165) is 69.9 Å². The van der Waals surface area contributed by atoms with Gasteiger partial charge in [0.25, 0.3) is 0 Å². The SMILES string of the molecule is CCCCOc1ncccc1CN=C(NCC)NCCCOCC1CCCO1.I. The van der Waals surface area contributed by atoms with Gasteiger partial charge in [0.05, 0.1) is 25.9 Å². The molecule has 1 fully saturated rings. The third-order valence-corrected chi connectivity index (χ3v) is 4.42. The van der Waals surface area contributed by atoms with Crippen molar-refractivity contribution in [3.63, 3.8) is 0 Å². The van der Waals surface area contributed by atoms with Crippen molar-refractivity contribution in [3.8, 4) is 5.88 Å². The molecule has 1 atom stereocenters. The maximum absolute atomic E-state index is 5.79. The van der Waals surface area contributed by atoms with Crippen molar-refractivity contribution in [2.24, 2.45) is 4.99 Å². The second-order valence-electron chi connectivity index (χ2n) is 6.86. The van der Waals surface area contributed by atoms with E-state index in [1.165, 1.54) is 0 Å². The number of nitrogens with zero attached hydrogens (tertiary/aromatic N) is 2. The lowest BCUT2D eigenvalue weighted by Crippen LogP contribution is -2.38. The van der Waals surface area contributed by atoms with Gasteiger partial charge in [0.15, 0.2) is 5.96 Å². The van der Waals surface area contributed by atoms with Crippen LogP contribution in [0.4, 0.5) is 0 Å². The summed E-state index contributed by atoms with van der Waals surface area (Å²) >= 11 is 0. The zero-order chi connectivity index (χ0) is 19.9. The topological polar surface area (TPSA) is 77.0 Å². The Morgan fingerprint density at radius 3 is 2.93 bits per heavy atom. The predicted molar refractivity (Wildman–Crippen MR) is 127 cm³/mol. The molecule has 1 aromatic heterocycles. The lowest BCUT2D eigenvalue weighted by molar-refractivity contribution is 0.0168. The van der Waals surface area contributed by atoms with Gasteiger partial charge in [0.1, 0.15) is 0 Å². The summed E-state index contributed by atoms with van der Waals surface area (Å²) in [5.41, 5.74) is 0.996. The molecule has 8 heteroatoms. The predicted octanol–water partition coefficient (Wildman–Crippen LogP) is 3.52. The van der Waals surface area contributed by atoms with Crippen LogP contribution in [-0.2, 0) is 16.0 Å². The van der Waals surface area contributed by atoms with Gasteiger partial charge in [-0.15, -0.1) is 24.0 Å². The monoisotopic (exact) mass is 520 g/mol. The molecule has 7 nitrogen and oxygen atoms in total. The Kier molecular flexibility index (Phi) is 14.9. The molecule has 166 valence electrons. The molecule has 0 aromatic carbocycles. The van der Waals surface area contributed by atoms with Gasteiger partial charge in [-0.3, -0.25) is 0 Å². The number of guanidine groups is 1. The molecule has 2 rings (SSSR count). The van der Waals surface area contributed by atoms with Crippen LogP contribution in [0.1, 0.15) is 51.5 Å². The molecule has 0 bridgehead atoms. The van der Waals surface area contributed by atoms with Crippen molar-refractivity contribution in [2.45, 2.75) is 58.6 Å². The normalized spacial score (nSPS) is 16.3. The highest BCUT2D eigenvalue weighted by molar-refractivity contribution is 14.0. The summed E-state index contributed by atoms with van der Waals surface area (Å²) in [6, 6.07) is 3.93.